The quantitative estimate of drug-likeness (QED) is 0.848. The summed E-state index contributed by atoms with van der Waals surface area (Å²) in [7, 11) is 0. The molecule has 0 amide bonds. The predicted octanol–water partition coefficient (Wildman–Crippen LogP) is 4.04. The van der Waals surface area contributed by atoms with E-state index in [0.717, 1.165) is 51.0 Å². The largest absolute Gasteiger partial charge is 0.416 e. The maximum atomic E-state index is 12.7. The van der Waals surface area contributed by atoms with E-state index in [1.54, 1.807) is 0 Å². The molecule has 3 nitrogen and oxygen atoms in total. The van der Waals surface area contributed by atoms with E-state index < -0.39 is 11.7 Å². The average Bonchev–Trinajstić information content (AvgIpc) is 2.40. The summed E-state index contributed by atoms with van der Waals surface area (Å²) in [4.78, 5) is 6.30. The molecule has 0 radical (unpaired) electrons. The van der Waals surface area contributed by atoms with Crippen LogP contribution in [0, 0.1) is 0 Å². The Hall–Kier alpha value is -1.01. The van der Waals surface area contributed by atoms with E-state index in [2.05, 4.69) is 22.1 Å². The molecule has 0 spiro atoms. The number of anilines is 1. The Bertz CT molecular complexity index is 471. The van der Waals surface area contributed by atoms with Gasteiger partial charge in [0.1, 0.15) is 11.0 Å². The fraction of sp³-hybridized carbons (Fsp3) is 0.643. The smallest absolute Gasteiger partial charge is 0.367 e. The molecule has 0 saturated carbocycles. The molecule has 1 aliphatic rings. The minimum Gasteiger partial charge on any atom is -0.367 e. The number of halogens is 4. The molecule has 21 heavy (non-hydrogen) atoms. The van der Waals surface area contributed by atoms with Gasteiger partial charge in [0.25, 0.3) is 0 Å². The molecule has 0 aromatic carbocycles. The first-order valence-electron chi connectivity index (χ1n) is 7.12. The van der Waals surface area contributed by atoms with Crippen LogP contribution in [-0.2, 0) is 6.18 Å². The van der Waals surface area contributed by atoms with Crippen molar-refractivity contribution in [1.29, 1.82) is 0 Å². The van der Waals surface area contributed by atoms with Gasteiger partial charge in [-0.2, -0.15) is 13.2 Å². The van der Waals surface area contributed by atoms with Crippen LogP contribution >= 0.6 is 11.6 Å². The molecule has 0 atom stereocenters. The Labute approximate surface area is 127 Å². The number of alkyl halides is 3. The van der Waals surface area contributed by atoms with Crippen LogP contribution in [-0.4, -0.2) is 35.6 Å². The van der Waals surface area contributed by atoms with Gasteiger partial charge in [-0.1, -0.05) is 18.5 Å². The minimum atomic E-state index is -4.41. The van der Waals surface area contributed by atoms with Gasteiger partial charge in [0, 0.05) is 19.1 Å². The predicted molar refractivity (Wildman–Crippen MR) is 77.6 cm³/mol. The van der Waals surface area contributed by atoms with Crippen molar-refractivity contribution in [2.24, 2.45) is 0 Å². The highest BCUT2D eigenvalue weighted by Gasteiger charge is 2.31. The Balaban J connectivity index is 1.99. The lowest BCUT2D eigenvalue weighted by molar-refractivity contribution is -0.137. The normalized spacial score (nSPS) is 18.0. The first-order valence-corrected chi connectivity index (χ1v) is 7.50. The van der Waals surface area contributed by atoms with Crippen molar-refractivity contribution in [2.75, 3.05) is 25.0 Å². The van der Waals surface area contributed by atoms with E-state index in [9.17, 15) is 13.2 Å². The van der Waals surface area contributed by atoms with Crippen LogP contribution in [0.25, 0.3) is 0 Å². The average molecular weight is 322 g/mol. The van der Waals surface area contributed by atoms with Gasteiger partial charge >= 0.3 is 6.18 Å². The van der Waals surface area contributed by atoms with Crippen molar-refractivity contribution < 1.29 is 13.2 Å². The maximum absolute atomic E-state index is 12.7. The van der Waals surface area contributed by atoms with Crippen LogP contribution in [0.15, 0.2) is 12.1 Å². The van der Waals surface area contributed by atoms with E-state index in [1.165, 1.54) is 0 Å². The zero-order chi connectivity index (χ0) is 15.5. The van der Waals surface area contributed by atoms with Crippen LogP contribution < -0.4 is 5.32 Å². The summed E-state index contributed by atoms with van der Waals surface area (Å²) in [5.41, 5.74) is -0.770. The Kier molecular flexibility index (Phi) is 5.32. The van der Waals surface area contributed by atoms with E-state index >= 15 is 0 Å². The molecule has 0 bridgehead atoms. The number of pyridine rings is 1. The second-order valence-electron chi connectivity index (χ2n) is 5.32. The Morgan fingerprint density at radius 2 is 2.00 bits per heavy atom. The number of rotatable bonds is 4. The standard InChI is InChI=1S/C14H19ClF3N3/c1-2-5-21-6-3-11(4-7-21)19-13-9-10(14(16,17)18)8-12(15)20-13/h8-9,11H,2-7H2,1H3,(H,19,20). The second-order valence-corrected chi connectivity index (χ2v) is 5.71. The van der Waals surface area contributed by atoms with Crippen LogP contribution in [0.3, 0.4) is 0 Å². The lowest BCUT2D eigenvalue weighted by Gasteiger charge is -2.32. The number of aromatic nitrogens is 1. The summed E-state index contributed by atoms with van der Waals surface area (Å²) < 4.78 is 38.2. The van der Waals surface area contributed by atoms with Gasteiger partial charge in [-0.25, -0.2) is 4.98 Å². The van der Waals surface area contributed by atoms with Crippen LogP contribution in [0.4, 0.5) is 19.0 Å². The lowest BCUT2D eigenvalue weighted by atomic mass is 10.0. The molecule has 0 aliphatic carbocycles. The summed E-state index contributed by atoms with van der Waals surface area (Å²) in [6.45, 7) is 5.12. The molecule has 1 aliphatic heterocycles. The molecule has 1 aromatic rings. The van der Waals surface area contributed by atoms with Gasteiger partial charge in [-0.05, 0) is 37.9 Å². The minimum absolute atomic E-state index is 0.143. The number of nitrogens with one attached hydrogen (secondary N) is 1. The highest BCUT2D eigenvalue weighted by molar-refractivity contribution is 6.29. The third-order valence-electron chi connectivity index (χ3n) is 3.60. The molecule has 0 unspecified atom stereocenters. The summed E-state index contributed by atoms with van der Waals surface area (Å²) in [5.74, 6) is 0.198. The maximum Gasteiger partial charge on any atom is 0.416 e. The SMILES string of the molecule is CCCN1CCC(Nc2cc(C(F)(F)F)cc(Cl)n2)CC1. The van der Waals surface area contributed by atoms with Crippen LogP contribution in [0.5, 0.6) is 0 Å². The third-order valence-corrected chi connectivity index (χ3v) is 3.79. The fourth-order valence-electron chi connectivity index (χ4n) is 2.56. The molecule has 1 N–H and O–H groups in total. The summed E-state index contributed by atoms with van der Waals surface area (Å²) in [6, 6.07) is 2.01. The Morgan fingerprint density at radius 3 is 2.57 bits per heavy atom. The van der Waals surface area contributed by atoms with Gasteiger partial charge in [0.15, 0.2) is 0 Å². The first kappa shape index (κ1) is 16.4. The van der Waals surface area contributed by atoms with E-state index in [0.29, 0.717) is 0 Å². The van der Waals surface area contributed by atoms with Crippen molar-refractivity contribution in [2.45, 2.75) is 38.4 Å². The van der Waals surface area contributed by atoms with Gasteiger partial charge in [-0.15, -0.1) is 0 Å². The van der Waals surface area contributed by atoms with Crippen molar-refractivity contribution in [3.05, 3.63) is 22.8 Å². The van der Waals surface area contributed by atoms with Crippen molar-refractivity contribution in [3.8, 4) is 0 Å². The molecule has 118 valence electrons. The molecule has 1 fully saturated rings. The third kappa shape index (κ3) is 4.74. The molecule has 7 heteroatoms. The summed E-state index contributed by atoms with van der Waals surface area (Å²) in [5, 5.41) is 2.93. The fourth-order valence-corrected chi connectivity index (χ4v) is 2.77. The zero-order valence-electron chi connectivity index (χ0n) is 11.9. The summed E-state index contributed by atoms with van der Waals surface area (Å²) >= 11 is 5.68. The molecule has 2 rings (SSSR count). The topological polar surface area (TPSA) is 28.2 Å². The highest BCUT2D eigenvalue weighted by Crippen LogP contribution is 2.32. The van der Waals surface area contributed by atoms with Gasteiger partial charge in [-0.3, -0.25) is 0 Å². The highest BCUT2D eigenvalue weighted by atomic mass is 35.5. The lowest BCUT2D eigenvalue weighted by Crippen LogP contribution is -2.39. The number of hydrogen-bond donors (Lipinski definition) is 1. The van der Waals surface area contributed by atoms with Gasteiger partial charge < -0.3 is 10.2 Å². The number of hydrogen-bond acceptors (Lipinski definition) is 3. The van der Waals surface area contributed by atoms with Gasteiger partial charge in [0.2, 0.25) is 0 Å². The first-order chi connectivity index (χ1) is 9.88. The molecular weight excluding hydrogens is 303 g/mol. The molecular formula is C14H19ClF3N3. The molecule has 1 saturated heterocycles. The zero-order valence-corrected chi connectivity index (χ0v) is 12.6. The van der Waals surface area contributed by atoms with Crippen molar-refractivity contribution >= 4 is 17.4 Å². The Morgan fingerprint density at radius 1 is 1.33 bits per heavy atom. The number of likely N-dealkylation sites (tertiary alicyclic amines) is 1. The molecule has 1 aromatic heterocycles. The van der Waals surface area contributed by atoms with Crippen molar-refractivity contribution in [3.63, 3.8) is 0 Å². The summed E-state index contributed by atoms with van der Waals surface area (Å²) in [6.07, 6.45) is -1.50. The van der Waals surface area contributed by atoms with E-state index in [-0.39, 0.29) is 17.0 Å². The molecule has 2 heterocycles. The van der Waals surface area contributed by atoms with E-state index in [4.69, 9.17) is 11.6 Å². The van der Waals surface area contributed by atoms with Crippen LogP contribution in [0.2, 0.25) is 5.15 Å². The van der Waals surface area contributed by atoms with Gasteiger partial charge in [0.05, 0.1) is 5.56 Å². The van der Waals surface area contributed by atoms with Crippen molar-refractivity contribution in [1.82, 2.24) is 9.88 Å². The monoisotopic (exact) mass is 321 g/mol. The number of nitrogens with zero attached hydrogens (tertiary/aromatic N) is 2. The van der Waals surface area contributed by atoms with Crippen LogP contribution in [0.1, 0.15) is 31.7 Å². The number of piperidine rings is 1. The van der Waals surface area contributed by atoms with E-state index in [1.807, 2.05) is 0 Å². The second kappa shape index (κ2) is 6.83.